The van der Waals surface area contributed by atoms with Crippen LogP contribution in [0.25, 0.3) is 10.8 Å². The molecule has 0 spiro atoms. The van der Waals surface area contributed by atoms with Gasteiger partial charge in [-0.25, -0.2) is 0 Å². The molecule has 20 heavy (non-hydrogen) atoms. The fourth-order valence-electron chi connectivity index (χ4n) is 2.60. The number of aryl methyl sites for hydroxylation is 1. The lowest BCUT2D eigenvalue weighted by atomic mass is 10.00. The number of fused-ring (bicyclic) bond motifs is 1. The van der Waals surface area contributed by atoms with Crippen molar-refractivity contribution < 1.29 is 0 Å². The van der Waals surface area contributed by atoms with E-state index in [9.17, 15) is 0 Å². The first-order valence-corrected chi connectivity index (χ1v) is 7.00. The van der Waals surface area contributed by atoms with Crippen LogP contribution in [-0.4, -0.2) is 7.05 Å². The van der Waals surface area contributed by atoms with Crippen LogP contribution < -0.4 is 5.32 Å². The molecule has 0 aliphatic carbocycles. The van der Waals surface area contributed by atoms with E-state index in [1.54, 1.807) is 0 Å². The first kappa shape index (κ1) is 12.7. The summed E-state index contributed by atoms with van der Waals surface area (Å²) in [4.78, 5) is 0. The predicted molar refractivity (Wildman–Crippen MR) is 87.5 cm³/mol. The van der Waals surface area contributed by atoms with Gasteiger partial charge in [-0.2, -0.15) is 0 Å². The molecule has 0 saturated heterocycles. The zero-order chi connectivity index (χ0) is 13.9. The van der Waals surface area contributed by atoms with Crippen molar-refractivity contribution in [2.24, 2.45) is 0 Å². The molecule has 1 heteroatoms. The topological polar surface area (TPSA) is 12.0 Å². The highest BCUT2D eigenvalue weighted by atomic mass is 14.8. The van der Waals surface area contributed by atoms with Crippen LogP contribution in [-0.2, 0) is 6.42 Å². The maximum absolute atomic E-state index is 3.19. The molecule has 3 rings (SSSR count). The van der Waals surface area contributed by atoms with Gasteiger partial charge in [0.15, 0.2) is 0 Å². The van der Waals surface area contributed by atoms with E-state index in [4.69, 9.17) is 0 Å². The largest absolute Gasteiger partial charge is 0.388 e. The van der Waals surface area contributed by atoms with E-state index in [1.165, 1.54) is 33.2 Å². The highest BCUT2D eigenvalue weighted by molar-refractivity contribution is 5.83. The normalized spacial score (nSPS) is 10.7. The van der Waals surface area contributed by atoms with Gasteiger partial charge in [-0.15, -0.1) is 0 Å². The summed E-state index contributed by atoms with van der Waals surface area (Å²) in [5.74, 6) is 0. The Morgan fingerprint density at radius 1 is 0.800 bits per heavy atom. The van der Waals surface area contributed by atoms with Gasteiger partial charge in [0, 0.05) is 12.7 Å². The molecule has 0 aliphatic heterocycles. The minimum Gasteiger partial charge on any atom is -0.388 e. The fourth-order valence-corrected chi connectivity index (χ4v) is 2.60. The minimum atomic E-state index is 0.972. The molecule has 1 nitrogen and oxygen atoms in total. The fraction of sp³-hybridized carbons (Fsp3) is 0.158. The van der Waals surface area contributed by atoms with E-state index >= 15 is 0 Å². The Morgan fingerprint density at radius 3 is 2.40 bits per heavy atom. The molecule has 0 bridgehead atoms. The number of anilines is 1. The summed E-state index contributed by atoms with van der Waals surface area (Å²) in [7, 11) is 1.96. The maximum atomic E-state index is 3.19. The van der Waals surface area contributed by atoms with Crippen molar-refractivity contribution >= 4 is 16.5 Å². The second-order valence-corrected chi connectivity index (χ2v) is 5.31. The summed E-state index contributed by atoms with van der Waals surface area (Å²) in [6.07, 6.45) is 0.972. The van der Waals surface area contributed by atoms with E-state index in [0.29, 0.717) is 0 Å². The Labute approximate surface area is 120 Å². The molecule has 0 fully saturated rings. The molecule has 3 aromatic carbocycles. The highest BCUT2D eigenvalue weighted by Crippen LogP contribution is 2.20. The van der Waals surface area contributed by atoms with E-state index in [-0.39, 0.29) is 0 Å². The lowest BCUT2D eigenvalue weighted by molar-refractivity contribution is 1.20. The number of rotatable bonds is 3. The molecule has 1 N–H and O–H groups in total. The lowest BCUT2D eigenvalue weighted by Gasteiger charge is -2.07. The Kier molecular flexibility index (Phi) is 3.42. The van der Waals surface area contributed by atoms with E-state index in [2.05, 4.69) is 72.9 Å². The molecule has 0 heterocycles. The smallest absolute Gasteiger partial charge is 0.0340 e. The summed E-state index contributed by atoms with van der Waals surface area (Å²) in [6.45, 7) is 2.14. The van der Waals surface area contributed by atoms with Gasteiger partial charge in [0.25, 0.3) is 0 Å². The number of nitrogens with one attached hydrogen (secondary N) is 1. The lowest BCUT2D eigenvalue weighted by Crippen LogP contribution is -1.92. The SMILES string of the molecule is CNc1cccc(Cc2ccc3cc(C)ccc3c2)c1. The molecule has 0 aromatic heterocycles. The summed E-state index contributed by atoms with van der Waals surface area (Å²) < 4.78 is 0. The van der Waals surface area contributed by atoms with Crippen LogP contribution in [0.5, 0.6) is 0 Å². The summed E-state index contributed by atoms with van der Waals surface area (Å²) in [5.41, 5.74) is 5.17. The van der Waals surface area contributed by atoms with Gasteiger partial charge in [0.1, 0.15) is 0 Å². The molecule has 0 amide bonds. The maximum Gasteiger partial charge on any atom is 0.0340 e. The molecule has 100 valence electrons. The van der Waals surface area contributed by atoms with Crippen LogP contribution in [0, 0.1) is 6.92 Å². The van der Waals surface area contributed by atoms with Gasteiger partial charge < -0.3 is 5.32 Å². The third-order valence-corrected chi connectivity index (χ3v) is 3.68. The summed E-state index contributed by atoms with van der Waals surface area (Å²) in [6, 6.07) is 21.9. The summed E-state index contributed by atoms with van der Waals surface area (Å²) in [5, 5.41) is 5.82. The molecular formula is C19H19N. The minimum absolute atomic E-state index is 0.972. The Morgan fingerprint density at radius 2 is 1.55 bits per heavy atom. The number of hydrogen-bond acceptors (Lipinski definition) is 1. The first-order chi connectivity index (χ1) is 9.74. The number of hydrogen-bond donors (Lipinski definition) is 1. The van der Waals surface area contributed by atoms with E-state index in [1.807, 2.05) is 7.05 Å². The molecule has 0 unspecified atom stereocenters. The Balaban J connectivity index is 1.92. The predicted octanol–water partition coefficient (Wildman–Crippen LogP) is 4.78. The van der Waals surface area contributed by atoms with Crippen molar-refractivity contribution in [1.82, 2.24) is 0 Å². The first-order valence-electron chi connectivity index (χ1n) is 7.00. The van der Waals surface area contributed by atoms with Gasteiger partial charge in [0.2, 0.25) is 0 Å². The number of benzene rings is 3. The standard InChI is InChI=1S/C19H19N/c1-14-6-8-18-12-16(7-9-17(18)10-14)11-15-4-3-5-19(13-15)20-2/h3-10,12-13,20H,11H2,1-2H3. The van der Waals surface area contributed by atoms with E-state index < -0.39 is 0 Å². The van der Waals surface area contributed by atoms with Crippen molar-refractivity contribution in [3.63, 3.8) is 0 Å². The second kappa shape index (κ2) is 5.38. The quantitative estimate of drug-likeness (QED) is 0.715. The van der Waals surface area contributed by atoms with Crippen molar-refractivity contribution in [2.45, 2.75) is 13.3 Å². The van der Waals surface area contributed by atoms with Gasteiger partial charge in [-0.05, 0) is 47.4 Å². The molecular weight excluding hydrogens is 242 g/mol. The van der Waals surface area contributed by atoms with E-state index in [0.717, 1.165) is 6.42 Å². The molecule has 0 radical (unpaired) electrons. The van der Waals surface area contributed by atoms with Gasteiger partial charge in [-0.1, -0.05) is 54.1 Å². The third-order valence-electron chi connectivity index (χ3n) is 3.68. The van der Waals surface area contributed by atoms with Crippen molar-refractivity contribution in [3.05, 3.63) is 77.4 Å². The second-order valence-electron chi connectivity index (χ2n) is 5.31. The Hall–Kier alpha value is -2.28. The van der Waals surface area contributed by atoms with Crippen LogP contribution in [0.3, 0.4) is 0 Å². The zero-order valence-electron chi connectivity index (χ0n) is 12.0. The molecule has 0 aliphatic rings. The molecule has 3 aromatic rings. The van der Waals surface area contributed by atoms with Gasteiger partial charge >= 0.3 is 0 Å². The van der Waals surface area contributed by atoms with Crippen LogP contribution in [0.15, 0.2) is 60.7 Å². The van der Waals surface area contributed by atoms with Gasteiger partial charge in [-0.3, -0.25) is 0 Å². The summed E-state index contributed by atoms with van der Waals surface area (Å²) >= 11 is 0. The Bertz CT molecular complexity index is 744. The van der Waals surface area contributed by atoms with Crippen molar-refractivity contribution in [3.8, 4) is 0 Å². The monoisotopic (exact) mass is 261 g/mol. The van der Waals surface area contributed by atoms with Crippen LogP contribution in [0.1, 0.15) is 16.7 Å². The van der Waals surface area contributed by atoms with Crippen molar-refractivity contribution in [1.29, 1.82) is 0 Å². The van der Waals surface area contributed by atoms with Gasteiger partial charge in [0.05, 0.1) is 0 Å². The van der Waals surface area contributed by atoms with Crippen molar-refractivity contribution in [2.75, 3.05) is 12.4 Å². The third kappa shape index (κ3) is 2.67. The average molecular weight is 261 g/mol. The van der Waals surface area contributed by atoms with Crippen LogP contribution in [0.4, 0.5) is 5.69 Å². The molecule has 0 saturated carbocycles. The van der Waals surface area contributed by atoms with Crippen LogP contribution >= 0.6 is 0 Å². The zero-order valence-corrected chi connectivity index (χ0v) is 12.0. The van der Waals surface area contributed by atoms with Crippen LogP contribution in [0.2, 0.25) is 0 Å². The molecule has 0 atom stereocenters. The average Bonchev–Trinajstić information content (AvgIpc) is 2.47. The highest BCUT2D eigenvalue weighted by Gasteiger charge is 2.00.